The van der Waals surface area contributed by atoms with Crippen LogP contribution in [0.4, 0.5) is 0 Å². The zero-order valence-electron chi connectivity index (χ0n) is 14.9. The average molecular weight is 361 g/mol. The molecule has 0 aliphatic carbocycles. The summed E-state index contributed by atoms with van der Waals surface area (Å²) in [5, 5.41) is 0. The highest BCUT2D eigenvalue weighted by Crippen LogP contribution is 2.27. The molecule has 0 aliphatic rings. The van der Waals surface area contributed by atoms with Crippen molar-refractivity contribution in [3.63, 3.8) is 0 Å². The number of nitrogens with one attached hydrogen (secondary N) is 1. The van der Waals surface area contributed by atoms with E-state index in [1.165, 1.54) is 7.11 Å². The van der Waals surface area contributed by atoms with Crippen LogP contribution < -0.4 is 4.72 Å². The van der Waals surface area contributed by atoms with Crippen LogP contribution in [0.25, 0.3) is 11.1 Å². The van der Waals surface area contributed by atoms with E-state index >= 15 is 0 Å². The Hall–Kier alpha value is -2.18. The maximum atomic E-state index is 12.5. The van der Waals surface area contributed by atoms with Crippen molar-refractivity contribution in [2.24, 2.45) is 0 Å². The highest BCUT2D eigenvalue weighted by Gasteiger charge is 2.22. The molecule has 6 heteroatoms. The maximum Gasteiger partial charge on any atom is 0.337 e. The topological polar surface area (TPSA) is 72.5 Å². The Morgan fingerprint density at radius 2 is 1.72 bits per heavy atom. The highest BCUT2D eigenvalue weighted by molar-refractivity contribution is 7.88. The van der Waals surface area contributed by atoms with Gasteiger partial charge in [0.1, 0.15) is 0 Å². The molecule has 0 bridgehead atoms. The Kier molecular flexibility index (Phi) is 5.65. The van der Waals surface area contributed by atoms with E-state index in [9.17, 15) is 13.2 Å². The second kappa shape index (κ2) is 7.37. The predicted molar refractivity (Wildman–Crippen MR) is 98.7 cm³/mol. The maximum absolute atomic E-state index is 12.5. The number of hydrogen-bond donors (Lipinski definition) is 1. The standard InChI is InChI=1S/C19H23NO4S/c1-19(2,3)20-25(22,23)13-16-12-15(18(21)24-4)10-11-17(16)14-8-6-5-7-9-14/h5-12,20H,13H2,1-4H3. The molecular formula is C19H23NO4S. The fraction of sp³-hybridized carbons (Fsp3) is 0.316. The zero-order valence-corrected chi connectivity index (χ0v) is 15.7. The average Bonchev–Trinajstić information content (AvgIpc) is 2.52. The van der Waals surface area contributed by atoms with E-state index < -0.39 is 21.5 Å². The van der Waals surface area contributed by atoms with Gasteiger partial charge in [-0.2, -0.15) is 0 Å². The summed E-state index contributed by atoms with van der Waals surface area (Å²) in [4.78, 5) is 11.8. The molecule has 2 aromatic carbocycles. The molecule has 0 aromatic heterocycles. The van der Waals surface area contributed by atoms with Crippen molar-refractivity contribution in [2.75, 3.05) is 7.11 Å². The van der Waals surface area contributed by atoms with Gasteiger partial charge in [-0.25, -0.2) is 17.9 Å². The van der Waals surface area contributed by atoms with E-state index in [0.29, 0.717) is 11.1 Å². The van der Waals surface area contributed by atoms with E-state index in [-0.39, 0.29) is 5.75 Å². The fourth-order valence-electron chi connectivity index (χ4n) is 2.56. The van der Waals surface area contributed by atoms with Crippen molar-refractivity contribution in [1.29, 1.82) is 0 Å². The van der Waals surface area contributed by atoms with Gasteiger partial charge in [0.05, 0.1) is 18.4 Å². The lowest BCUT2D eigenvalue weighted by Crippen LogP contribution is -2.41. The highest BCUT2D eigenvalue weighted by atomic mass is 32.2. The molecule has 0 aliphatic heterocycles. The lowest BCUT2D eigenvalue weighted by molar-refractivity contribution is 0.0600. The lowest BCUT2D eigenvalue weighted by Gasteiger charge is -2.21. The first kappa shape index (κ1) is 19.1. The Morgan fingerprint density at radius 3 is 2.28 bits per heavy atom. The van der Waals surface area contributed by atoms with Gasteiger partial charge in [0.25, 0.3) is 0 Å². The molecule has 0 unspecified atom stereocenters. The first-order valence-electron chi connectivity index (χ1n) is 7.89. The third-order valence-corrected chi connectivity index (χ3v) is 5.03. The van der Waals surface area contributed by atoms with Crippen LogP contribution in [-0.2, 0) is 20.5 Å². The summed E-state index contributed by atoms with van der Waals surface area (Å²) in [6.07, 6.45) is 0. The molecule has 0 saturated carbocycles. The number of esters is 1. The van der Waals surface area contributed by atoms with Crippen LogP contribution in [0, 0.1) is 0 Å². The first-order chi connectivity index (χ1) is 11.6. The minimum absolute atomic E-state index is 0.223. The lowest BCUT2D eigenvalue weighted by atomic mass is 9.98. The predicted octanol–water partition coefficient (Wildman–Crippen LogP) is 3.36. The van der Waals surface area contributed by atoms with E-state index in [0.717, 1.165) is 11.1 Å². The number of rotatable bonds is 5. The Balaban J connectivity index is 2.50. The molecule has 1 N–H and O–H groups in total. The fourth-order valence-corrected chi connectivity index (χ4v) is 4.22. The quantitative estimate of drug-likeness (QED) is 0.829. The third-order valence-electron chi connectivity index (χ3n) is 3.42. The van der Waals surface area contributed by atoms with Crippen LogP contribution in [-0.4, -0.2) is 27.0 Å². The minimum Gasteiger partial charge on any atom is -0.465 e. The molecule has 134 valence electrons. The van der Waals surface area contributed by atoms with E-state index in [1.807, 2.05) is 30.3 Å². The largest absolute Gasteiger partial charge is 0.465 e. The number of carbonyl (C=O) groups is 1. The van der Waals surface area contributed by atoms with Crippen LogP contribution in [0.5, 0.6) is 0 Å². The van der Waals surface area contributed by atoms with Gasteiger partial charge in [-0.1, -0.05) is 36.4 Å². The van der Waals surface area contributed by atoms with Gasteiger partial charge in [0, 0.05) is 5.54 Å². The molecule has 0 heterocycles. The summed E-state index contributed by atoms with van der Waals surface area (Å²) >= 11 is 0. The van der Waals surface area contributed by atoms with Crippen molar-refractivity contribution in [2.45, 2.75) is 32.1 Å². The molecule has 2 rings (SSSR count). The van der Waals surface area contributed by atoms with Crippen molar-refractivity contribution in [3.8, 4) is 11.1 Å². The van der Waals surface area contributed by atoms with Gasteiger partial charge >= 0.3 is 5.97 Å². The summed E-state index contributed by atoms with van der Waals surface area (Å²) < 4.78 is 32.4. The number of methoxy groups -OCH3 is 1. The molecule has 0 radical (unpaired) electrons. The van der Waals surface area contributed by atoms with E-state index in [4.69, 9.17) is 4.74 Å². The van der Waals surface area contributed by atoms with Gasteiger partial charge in [-0.15, -0.1) is 0 Å². The van der Waals surface area contributed by atoms with Crippen LogP contribution in [0.2, 0.25) is 0 Å². The van der Waals surface area contributed by atoms with Gasteiger partial charge in [-0.05, 0) is 49.6 Å². The summed E-state index contributed by atoms with van der Waals surface area (Å²) in [5.74, 6) is -0.721. The number of ether oxygens (including phenoxy) is 1. The summed E-state index contributed by atoms with van der Waals surface area (Å²) in [7, 11) is -2.28. The first-order valence-corrected chi connectivity index (χ1v) is 9.55. The molecule has 0 amide bonds. The molecule has 5 nitrogen and oxygen atoms in total. The Labute approximate surface area is 149 Å². The summed E-state index contributed by atoms with van der Waals surface area (Å²) in [5.41, 5.74) is 1.95. The normalized spacial score (nSPS) is 12.0. The van der Waals surface area contributed by atoms with Crippen molar-refractivity contribution in [1.82, 2.24) is 4.72 Å². The van der Waals surface area contributed by atoms with Crippen LogP contribution in [0.1, 0.15) is 36.7 Å². The molecule has 2 aromatic rings. The Bertz CT molecular complexity index is 853. The number of hydrogen-bond acceptors (Lipinski definition) is 4. The smallest absolute Gasteiger partial charge is 0.337 e. The molecule has 0 saturated heterocycles. The minimum atomic E-state index is -3.57. The van der Waals surface area contributed by atoms with E-state index in [1.54, 1.807) is 39.0 Å². The molecule has 0 atom stereocenters. The van der Waals surface area contributed by atoms with Gasteiger partial charge < -0.3 is 4.74 Å². The number of benzene rings is 2. The van der Waals surface area contributed by atoms with Crippen LogP contribution in [0.3, 0.4) is 0 Å². The molecular weight excluding hydrogens is 338 g/mol. The molecule has 25 heavy (non-hydrogen) atoms. The monoisotopic (exact) mass is 361 g/mol. The van der Waals surface area contributed by atoms with Crippen molar-refractivity contribution in [3.05, 3.63) is 59.7 Å². The molecule has 0 fully saturated rings. The van der Waals surface area contributed by atoms with Crippen LogP contribution >= 0.6 is 0 Å². The Morgan fingerprint density at radius 1 is 1.08 bits per heavy atom. The second-order valence-corrected chi connectivity index (χ2v) is 8.56. The van der Waals surface area contributed by atoms with Gasteiger partial charge in [0.15, 0.2) is 0 Å². The third kappa shape index (κ3) is 5.41. The molecule has 0 spiro atoms. The van der Waals surface area contributed by atoms with Crippen molar-refractivity contribution < 1.29 is 17.9 Å². The second-order valence-electron chi connectivity index (χ2n) is 6.84. The summed E-state index contributed by atoms with van der Waals surface area (Å²) in [6, 6.07) is 14.4. The summed E-state index contributed by atoms with van der Waals surface area (Å²) in [6.45, 7) is 5.36. The van der Waals surface area contributed by atoms with Gasteiger partial charge in [-0.3, -0.25) is 0 Å². The van der Waals surface area contributed by atoms with E-state index in [2.05, 4.69) is 4.72 Å². The van der Waals surface area contributed by atoms with Crippen LogP contribution in [0.15, 0.2) is 48.5 Å². The number of sulfonamides is 1. The zero-order chi connectivity index (χ0) is 18.7. The van der Waals surface area contributed by atoms with Gasteiger partial charge in [0.2, 0.25) is 10.0 Å². The van der Waals surface area contributed by atoms with Crippen molar-refractivity contribution >= 4 is 16.0 Å². The number of carbonyl (C=O) groups excluding carboxylic acids is 1. The SMILES string of the molecule is COC(=O)c1ccc(-c2ccccc2)c(CS(=O)(=O)NC(C)(C)C)c1.